The van der Waals surface area contributed by atoms with Crippen LogP contribution in [0.15, 0.2) is 46.6 Å². The molecule has 0 aromatic carbocycles. The molecule has 0 spiro atoms. The van der Waals surface area contributed by atoms with Crippen LogP contribution in [0.5, 0.6) is 0 Å². The first kappa shape index (κ1) is 18.2. The smallest absolute Gasteiger partial charge is 1.00 e. The van der Waals surface area contributed by atoms with E-state index in [1.807, 2.05) is 11.1 Å². The summed E-state index contributed by atoms with van der Waals surface area (Å²) in [7, 11) is 0. The molecule has 5 aliphatic rings. The van der Waals surface area contributed by atoms with Gasteiger partial charge in [0.1, 0.15) is 0 Å². The predicted molar refractivity (Wildman–Crippen MR) is 86.4 cm³/mol. The van der Waals surface area contributed by atoms with Crippen LogP contribution in [0.2, 0.25) is 15.5 Å². The van der Waals surface area contributed by atoms with Crippen LogP contribution >= 0.6 is 0 Å². The molecule has 0 radical (unpaired) electrons. The minimum absolute atomic E-state index is 0. The Kier molecular flexibility index (Phi) is 5.52. The maximum atomic E-state index is 2.69. The minimum Gasteiger partial charge on any atom is -1.00 e. The summed E-state index contributed by atoms with van der Waals surface area (Å²) in [5, 5.41) is 0. The Morgan fingerprint density at radius 1 is 0.652 bits per heavy atom. The molecule has 0 saturated carbocycles. The molecule has 1 heterocycles. The van der Waals surface area contributed by atoms with E-state index in [2.05, 4.69) is 24.3 Å². The first-order valence-electron chi connectivity index (χ1n) is 9.19. The monoisotopic (exact) mass is 426 g/mol. The Balaban J connectivity index is 0.000000781. The zero-order chi connectivity index (χ0) is 13.9. The molecule has 2 atom stereocenters. The molecular weight excluding hydrogens is 402 g/mol. The fourth-order valence-corrected chi connectivity index (χ4v) is 22.0. The molecular formula is C20H26Cl2Zr. The van der Waals surface area contributed by atoms with Crippen molar-refractivity contribution in [1.82, 2.24) is 0 Å². The number of halogens is 2. The van der Waals surface area contributed by atoms with Gasteiger partial charge in [0.25, 0.3) is 0 Å². The zero-order valence-electron chi connectivity index (χ0n) is 13.8. The minimum atomic E-state index is -1.96. The van der Waals surface area contributed by atoms with Crippen molar-refractivity contribution < 1.29 is 45.1 Å². The molecule has 1 fully saturated rings. The molecule has 23 heavy (non-hydrogen) atoms. The van der Waals surface area contributed by atoms with E-state index >= 15 is 0 Å². The van der Waals surface area contributed by atoms with Crippen LogP contribution in [0.4, 0.5) is 0 Å². The van der Waals surface area contributed by atoms with Crippen molar-refractivity contribution in [2.24, 2.45) is 0 Å². The van der Waals surface area contributed by atoms with Gasteiger partial charge in [-0.15, -0.1) is 0 Å². The molecule has 4 aliphatic carbocycles. The molecule has 2 unspecified atom stereocenters. The van der Waals surface area contributed by atoms with E-state index < -0.39 is 20.3 Å². The summed E-state index contributed by atoms with van der Waals surface area (Å²) >= 11 is -1.96. The quantitative estimate of drug-likeness (QED) is 0.600. The molecule has 5 rings (SSSR count). The number of rotatable bonds is 2. The van der Waals surface area contributed by atoms with E-state index in [-0.39, 0.29) is 24.8 Å². The topological polar surface area (TPSA) is 0 Å². The van der Waals surface area contributed by atoms with Crippen molar-refractivity contribution in [3.8, 4) is 0 Å². The fourth-order valence-electron chi connectivity index (χ4n) is 5.69. The average Bonchev–Trinajstić information content (AvgIpc) is 3.03. The van der Waals surface area contributed by atoms with Crippen LogP contribution in [-0.2, 0) is 20.3 Å². The summed E-state index contributed by atoms with van der Waals surface area (Å²) < 4.78 is 5.34. The van der Waals surface area contributed by atoms with Gasteiger partial charge in [0.15, 0.2) is 0 Å². The molecule has 0 nitrogen and oxygen atoms in total. The second kappa shape index (κ2) is 6.97. The summed E-state index contributed by atoms with van der Waals surface area (Å²) in [4.78, 5) is 0. The van der Waals surface area contributed by atoms with E-state index in [9.17, 15) is 0 Å². The van der Waals surface area contributed by atoms with Gasteiger partial charge in [0.05, 0.1) is 0 Å². The van der Waals surface area contributed by atoms with E-state index in [1.165, 1.54) is 51.4 Å². The van der Waals surface area contributed by atoms with Gasteiger partial charge in [-0.1, -0.05) is 0 Å². The number of allylic oxidation sites excluding steroid dienone is 8. The van der Waals surface area contributed by atoms with Crippen molar-refractivity contribution in [2.75, 3.05) is 0 Å². The first-order valence-corrected chi connectivity index (χ1v) is 15.5. The second-order valence-corrected chi connectivity index (χ2v) is 19.5. The van der Waals surface area contributed by atoms with Crippen molar-refractivity contribution in [2.45, 2.75) is 66.9 Å². The Morgan fingerprint density at radius 3 is 1.52 bits per heavy atom. The summed E-state index contributed by atoms with van der Waals surface area (Å²) in [6.07, 6.45) is 21.9. The van der Waals surface area contributed by atoms with Gasteiger partial charge in [-0.2, -0.15) is 0 Å². The van der Waals surface area contributed by atoms with E-state index in [0.29, 0.717) is 0 Å². The van der Waals surface area contributed by atoms with Gasteiger partial charge in [0.2, 0.25) is 0 Å². The molecule has 0 amide bonds. The molecule has 3 heteroatoms. The van der Waals surface area contributed by atoms with Gasteiger partial charge in [-0.25, -0.2) is 0 Å². The molecule has 0 N–H and O–H groups in total. The maximum absolute atomic E-state index is 2.69. The summed E-state index contributed by atoms with van der Waals surface area (Å²) in [5.74, 6) is 0. The molecule has 1 aliphatic heterocycles. The van der Waals surface area contributed by atoms with Crippen LogP contribution in [0, 0.1) is 0 Å². The third kappa shape index (κ3) is 2.84. The van der Waals surface area contributed by atoms with E-state index in [4.69, 9.17) is 0 Å². The van der Waals surface area contributed by atoms with Crippen LogP contribution in [0.25, 0.3) is 0 Å². The fraction of sp³-hybridized carbons (Fsp3) is 0.600. The van der Waals surface area contributed by atoms with Gasteiger partial charge >= 0.3 is 134 Å². The summed E-state index contributed by atoms with van der Waals surface area (Å²) in [6.45, 7) is 0. The number of hydrogen-bond donors (Lipinski definition) is 0. The maximum Gasteiger partial charge on any atom is -1.00 e. The molecule has 124 valence electrons. The van der Waals surface area contributed by atoms with Crippen molar-refractivity contribution in [3.63, 3.8) is 0 Å². The summed E-state index contributed by atoms with van der Waals surface area (Å²) in [6, 6.07) is 0. The normalized spacial score (nSPS) is 31.7. The third-order valence-electron chi connectivity index (χ3n) is 6.91. The van der Waals surface area contributed by atoms with Crippen LogP contribution in [0.3, 0.4) is 0 Å². The Hall–Kier alpha value is 0.423. The van der Waals surface area contributed by atoms with E-state index in [0.717, 1.165) is 7.25 Å². The first-order chi connectivity index (χ1) is 10.4. The molecule has 0 aromatic rings. The second-order valence-electron chi connectivity index (χ2n) is 7.92. The Morgan fingerprint density at radius 2 is 1.09 bits per heavy atom. The Bertz CT molecular complexity index is 557. The summed E-state index contributed by atoms with van der Waals surface area (Å²) in [5.41, 5.74) is 7.42. The van der Waals surface area contributed by atoms with Crippen molar-refractivity contribution >= 4 is 0 Å². The third-order valence-corrected chi connectivity index (χ3v) is 19.7. The zero-order valence-corrected chi connectivity index (χ0v) is 17.8. The standard InChI is InChI=1S/2C9H11.C2H4.2ClH.Zr/c2*1-2-5-9-7-3-6-8(9)4-1;1-2;;;/h2*3,6-7H,1-2,4-5H2;1-2H2;2*1H;/q;;;;;+2/p-2. The predicted octanol–water partition coefficient (Wildman–Crippen LogP) is 0.456. The van der Waals surface area contributed by atoms with Crippen molar-refractivity contribution in [1.29, 1.82) is 0 Å². The van der Waals surface area contributed by atoms with Crippen LogP contribution in [0.1, 0.15) is 51.4 Å². The number of hydrogen-bond acceptors (Lipinski definition) is 0. The largest absolute Gasteiger partial charge is 1.00 e. The molecule has 0 aromatic heterocycles. The van der Waals surface area contributed by atoms with Crippen LogP contribution in [-0.4, -0.2) is 0 Å². The van der Waals surface area contributed by atoms with E-state index in [1.54, 1.807) is 19.4 Å². The van der Waals surface area contributed by atoms with Gasteiger partial charge in [-0.05, 0) is 0 Å². The van der Waals surface area contributed by atoms with Crippen LogP contribution < -0.4 is 24.8 Å². The van der Waals surface area contributed by atoms with Gasteiger partial charge in [0, 0.05) is 0 Å². The molecule has 0 bridgehead atoms. The molecule has 1 saturated heterocycles. The Labute approximate surface area is 157 Å². The van der Waals surface area contributed by atoms with Gasteiger partial charge in [-0.3, -0.25) is 0 Å². The average molecular weight is 429 g/mol. The SMILES string of the molecule is C1=C[CH]([Zr+2]2([CH]3C=CC4=C3CCCC4)[CH2][CH2]2)C2=C1CCCC2.[Cl-].[Cl-]. The van der Waals surface area contributed by atoms with Crippen molar-refractivity contribution in [3.05, 3.63) is 46.6 Å². The van der Waals surface area contributed by atoms with Gasteiger partial charge < -0.3 is 24.8 Å².